The Balaban J connectivity index is 1.64. The second kappa shape index (κ2) is 7.43. The quantitative estimate of drug-likeness (QED) is 0.888. The van der Waals surface area contributed by atoms with E-state index in [1.165, 1.54) is 24.0 Å². The number of ether oxygens (including phenoxy) is 1. The normalized spacial score (nSPS) is 21.5. The highest BCUT2D eigenvalue weighted by atomic mass is 16.5. The maximum atomic E-state index is 5.21. The third-order valence-electron chi connectivity index (χ3n) is 4.34. The molecule has 3 nitrogen and oxygen atoms in total. The first-order valence-corrected chi connectivity index (χ1v) is 8.01. The summed E-state index contributed by atoms with van der Waals surface area (Å²) in [4.78, 5) is 0. The Morgan fingerprint density at radius 3 is 2.59 bits per heavy atom. The van der Waals surface area contributed by atoms with Crippen molar-refractivity contribution in [2.45, 2.75) is 31.5 Å². The highest BCUT2D eigenvalue weighted by molar-refractivity contribution is 5.27. The van der Waals surface area contributed by atoms with E-state index in [0.717, 1.165) is 18.8 Å². The summed E-state index contributed by atoms with van der Waals surface area (Å²) in [5, 5.41) is 7.38. The fraction of sp³-hybridized carbons (Fsp3) is 0.368. The number of piperidine rings is 1. The summed E-state index contributed by atoms with van der Waals surface area (Å²) in [7, 11) is 1.70. The van der Waals surface area contributed by atoms with Gasteiger partial charge in [0, 0.05) is 18.6 Å². The van der Waals surface area contributed by atoms with Crippen molar-refractivity contribution in [3.8, 4) is 5.75 Å². The molecule has 0 aromatic heterocycles. The minimum atomic E-state index is 0.396. The summed E-state index contributed by atoms with van der Waals surface area (Å²) in [6, 6.07) is 19.9. The molecule has 0 saturated carbocycles. The van der Waals surface area contributed by atoms with Crippen molar-refractivity contribution in [2.24, 2.45) is 0 Å². The minimum absolute atomic E-state index is 0.396. The molecule has 3 heteroatoms. The molecule has 116 valence electrons. The van der Waals surface area contributed by atoms with Crippen LogP contribution in [0.4, 0.5) is 0 Å². The lowest BCUT2D eigenvalue weighted by atomic mass is 9.92. The van der Waals surface area contributed by atoms with Crippen LogP contribution in [0, 0.1) is 0 Å². The number of rotatable bonds is 5. The van der Waals surface area contributed by atoms with Gasteiger partial charge in [0.2, 0.25) is 0 Å². The van der Waals surface area contributed by atoms with E-state index in [-0.39, 0.29) is 0 Å². The first-order valence-electron chi connectivity index (χ1n) is 8.01. The van der Waals surface area contributed by atoms with Crippen molar-refractivity contribution >= 4 is 0 Å². The van der Waals surface area contributed by atoms with Gasteiger partial charge >= 0.3 is 0 Å². The fourth-order valence-electron chi connectivity index (χ4n) is 3.11. The summed E-state index contributed by atoms with van der Waals surface area (Å²) in [6.07, 6.45) is 2.44. The molecule has 0 radical (unpaired) electrons. The SMILES string of the molecule is COc1ccc(CN[C@H]2CCCN[C@H]2c2ccccc2)cc1. The molecule has 0 unspecified atom stereocenters. The van der Waals surface area contributed by atoms with Crippen LogP contribution in [-0.4, -0.2) is 19.7 Å². The van der Waals surface area contributed by atoms with Gasteiger partial charge in [0.25, 0.3) is 0 Å². The van der Waals surface area contributed by atoms with Gasteiger partial charge < -0.3 is 15.4 Å². The standard InChI is InChI=1S/C19H24N2O/c1-22-17-11-9-15(10-12-17)14-21-18-8-5-13-20-19(18)16-6-3-2-4-7-16/h2-4,6-7,9-12,18-21H,5,8,13-14H2,1H3/t18-,19-/m0/s1. The second-order valence-corrected chi connectivity index (χ2v) is 5.82. The topological polar surface area (TPSA) is 33.3 Å². The van der Waals surface area contributed by atoms with Crippen LogP contribution in [0.3, 0.4) is 0 Å². The first-order chi connectivity index (χ1) is 10.9. The molecule has 0 amide bonds. The van der Waals surface area contributed by atoms with Crippen molar-refractivity contribution in [1.29, 1.82) is 0 Å². The monoisotopic (exact) mass is 296 g/mol. The summed E-state index contributed by atoms with van der Waals surface area (Å²) in [6.45, 7) is 1.99. The van der Waals surface area contributed by atoms with Crippen LogP contribution < -0.4 is 15.4 Å². The third kappa shape index (κ3) is 3.67. The van der Waals surface area contributed by atoms with E-state index in [9.17, 15) is 0 Å². The first kappa shape index (κ1) is 15.1. The van der Waals surface area contributed by atoms with Crippen molar-refractivity contribution in [2.75, 3.05) is 13.7 Å². The number of hydrogen-bond donors (Lipinski definition) is 2. The van der Waals surface area contributed by atoms with Gasteiger partial charge in [-0.2, -0.15) is 0 Å². The Morgan fingerprint density at radius 2 is 1.86 bits per heavy atom. The van der Waals surface area contributed by atoms with Crippen LogP contribution in [0.25, 0.3) is 0 Å². The maximum Gasteiger partial charge on any atom is 0.118 e. The van der Waals surface area contributed by atoms with Crippen molar-refractivity contribution in [3.05, 3.63) is 65.7 Å². The molecule has 0 aliphatic carbocycles. The predicted molar refractivity (Wildman–Crippen MR) is 90.0 cm³/mol. The van der Waals surface area contributed by atoms with E-state index in [0.29, 0.717) is 12.1 Å². The molecule has 3 rings (SSSR count). The van der Waals surface area contributed by atoms with Gasteiger partial charge in [-0.3, -0.25) is 0 Å². The highest BCUT2D eigenvalue weighted by Crippen LogP contribution is 2.24. The Kier molecular flexibility index (Phi) is 5.09. The lowest BCUT2D eigenvalue weighted by Gasteiger charge is -2.34. The second-order valence-electron chi connectivity index (χ2n) is 5.82. The maximum absolute atomic E-state index is 5.21. The summed E-state index contributed by atoms with van der Waals surface area (Å²) in [5.41, 5.74) is 2.66. The van der Waals surface area contributed by atoms with E-state index in [1.54, 1.807) is 7.11 Å². The van der Waals surface area contributed by atoms with Crippen LogP contribution in [-0.2, 0) is 6.54 Å². The van der Waals surface area contributed by atoms with Gasteiger partial charge in [-0.1, -0.05) is 42.5 Å². The Hall–Kier alpha value is -1.84. The zero-order chi connectivity index (χ0) is 15.2. The van der Waals surface area contributed by atoms with Gasteiger partial charge in [0.05, 0.1) is 7.11 Å². The molecule has 2 aromatic rings. The zero-order valence-electron chi connectivity index (χ0n) is 13.1. The van der Waals surface area contributed by atoms with Crippen LogP contribution in [0.2, 0.25) is 0 Å². The van der Waals surface area contributed by atoms with E-state index >= 15 is 0 Å². The summed E-state index contributed by atoms with van der Waals surface area (Å²) < 4.78 is 5.21. The van der Waals surface area contributed by atoms with Gasteiger partial charge in [-0.15, -0.1) is 0 Å². The van der Waals surface area contributed by atoms with Crippen molar-refractivity contribution in [3.63, 3.8) is 0 Å². The molecule has 1 heterocycles. The fourth-order valence-corrected chi connectivity index (χ4v) is 3.11. The van der Waals surface area contributed by atoms with Gasteiger partial charge in [-0.05, 0) is 42.6 Å². The van der Waals surface area contributed by atoms with E-state index in [2.05, 4.69) is 53.1 Å². The molecule has 0 bridgehead atoms. The average molecular weight is 296 g/mol. The van der Waals surface area contributed by atoms with Crippen LogP contribution in [0.5, 0.6) is 5.75 Å². The van der Waals surface area contributed by atoms with Crippen molar-refractivity contribution < 1.29 is 4.74 Å². The molecule has 1 aliphatic heterocycles. The average Bonchev–Trinajstić information content (AvgIpc) is 2.61. The van der Waals surface area contributed by atoms with Gasteiger partial charge in [0.1, 0.15) is 5.75 Å². The van der Waals surface area contributed by atoms with Crippen LogP contribution in [0.15, 0.2) is 54.6 Å². The largest absolute Gasteiger partial charge is 0.497 e. The van der Waals surface area contributed by atoms with E-state index in [4.69, 9.17) is 4.74 Å². The van der Waals surface area contributed by atoms with E-state index < -0.39 is 0 Å². The zero-order valence-corrected chi connectivity index (χ0v) is 13.1. The Bertz CT molecular complexity index is 568. The van der Waals surface area contributed by atoms with Gasteiger partial charge in [0.15, 0.2) is 0 Å². The molecule has 1 aliphatic rings. The summed E-state index contributed by atoms with van der Waals surface area (Å²) in [5.74, 6) is 0.908. The lowest BCUT2D eigenvalue weighted by molar-refractivity contribution is 0.304. The Morgan fingerprint density at radius 1 is 1.09 bits per heavy atom. The van der Waals surface area contributed by atoms with Crippen molar-refractivity contribution in [1.82, 2.24) is 10.6 Å². The minimum Gasteiger partial charge on any atom is -0.497 e. The number of benzene rings is 2. The lowest BCUT2D eigenvalue weighted by Crippen LogP contribution is -2.45. The summed E-state index contributed by atoms with van der Waals surface area (Å²) >= 11 is 0. The smallest absolute Gasteiger partial charge is 0.118 e. The number of nitrogens with one attached hydrogen (secondary N) is 2. The molecule has 1 fully saturated rings. The Labute approximate surface area is 132 Å². The molecular formula is C19H24N2O. The third-order valence-corrected chi connectivity index (χ3v) is 4.34. The molecule has 2 aromatic carbocycles. The number of methoxy groups -OCH3 is 1. The molecule has 22 heavy (non-hydrogen) atoms. The van der Waals surface area contributed by atoms with E-state index in [1.807, 2.05) is 12.1 Å². The highest BCUT2D eigenvalue weighted by Gasteiger charge is 2.25. The van der Waals surface area contributed by atoms with Crippen LogP contribution in [0.1, 0.15) is 30.0 Å². The number of hydrogen-bond acceptors (Lipinski definition) is 3. The predicted octanol–water partition coefficient (Wildman–Crippen LogP) is 3.28. The molecular weight excluding hydrogens is 272 g/mol. The van der Waals surface area contributed by atoms with Gasteiger partial charge in [-0.25, -0.2) is 0 Å². The molecule has 0 spiro atoms. The molecule has 2 N–H and O–H groups in total. The molecule has 2 atom stereocenters. The van der Waals surface area contributed by atoms with Crippen LogP contribution >= 0.6 is 0 Å². The molecule has 1 saturated heterocycles.